The lowest BCUT2D eigenvalue weighted by Gasteiger charge is -2.06. The molecule has 0 aliphatic heterocycles. The first kappa shape index (κ1) is 13.5. The topological polar surface area (TPSA) is 55.6 Å². The Kier molecular flexibility index (Phi) is 4.10. The van der Waals surface area contributed by atoms with E-state index in [0.717, 1.165) is 29.8 Å². The second-order valence-electron chi connectivity index (χ2n) is 3.91. The van der Waals surface area contributed by atoms with Gasteiger partial charge in [0.2, 0.25) is 0 Å². The molecule has 2 rings (SSSR count). The summed E-state index contributed by atoms with van der Waals surface area (Å²) in [6, 6.07) is 1.69. The smallest absolute Gasteiger partial charge is 0.194 e. The molecule has 0 unspecified atom stereocenters. The van der Waals surface area contributed by atoms with Crippen molar-refractivity contribution in [2.45, 2.75) is 19.9 Å². The predicted molar refractivity (Wildman–Crippen MR) is 61.0 cm³/mol. The Morgan fingerprint density at radius 3 is 2.53 bits per heavy atom. The lowest BCUT2D eigenvalue weighted by molar-refractivity contribution is 0.445. The number of nitrogens with one attached hydrogen (secondary N) is 1. The average Bonchev–Trinajstić information content (AvgIpc) is 2.84. The highest BCUT2D eigenvalue weighted by molar-refractivity contribution is 5.33. The number of aromatic nitrogens is 4. The second-order valence-corrected chi connectivity index (χ2v) is 3.91. The maximum absolute atomic E-state index is 13.2. The second kappa shape index (κ2) is 5.79. The van der Waals surface area contributed by atoms with Gasteiger partial charge < -0.3 is 5.32 Å². The highest BCUT2D eigenvalue weighted by Crippen LogP contribution is 2.16. The Hall–Kier alpha value is -1.96. The quantitative estimate of drug-likeness (QED) is 0.662. The van der Waals surface area contributed by atoms with E-state index in [9.17, 15) is 13.2 Å². The van der Waals surface area contributed by atoms with E-state index < -0.39 is 17.5 Å². The number of hydrogen-bond acceptors (Lipinski definition) is 4. The van der Waals surface area contributed by atoms with Crippen molar-refractivity contribution in [3.63, 3.8) is 0 Å². The van der Waals surface area contributed by atoms with Gasteiger partial charge in [0.05, 0.1) is 12.2 Å². The van der Waals surface area contributed by atoms with Crippen LogP contribution in [0.15, 0.2) is 12.1 Å². The molecule has 1 N–H and O–H groups in total. The van der Waals surface area contributed by atoms with Gasteiger partial charge in [-0.1, -0.05) is 6.92 Å². The van der Waals surface area contributed by atoms with Crippen molar-refractivity contribution in [3.8, 4) is 5.69 Å². The van der Waals surface area contributed by atoms with Crippen LogP contribution < -0.4 is 5.32 Å². The molecule has 0 radical (unpaired) electrons. The minimum Gasteiger partial charge on any atom is -0.310 e. The number of benzene rings is 1. The van der Waals surface area contributed by atoms with E-state index in [0.29, 0.717) is 12.4 Å². The Bertz CT molecular complexity index is 546. The SMILES string of the molecule is CCCNCc1nnnn1-c1cc(F)c(F)c(F)c1. The molecular formula is C11H12F3N5. The van der Waals surface area contributed by atoms with Crippen LogP contribution in [0.2, 0.25) is 0 Å². The molecule has 102 valence electrons. The van der Waals surface area contributed by atoms with E-state index in [4.69, 9.17) is 0 Å². The standard InChI is InChI=1S/C11H12F3N5/c1-2-3-15-6-10-16-17-18-19(10)7-4-8(12)11(14)9(13)5-7/h4-5,15H,2-3,6H2,1H3. The number of tetrazole rings is 1. The molecule has 0 aliphatic rings. The first-order valence-electron chi connectivity index (χ1n) is 5.76. The number of nitrogens with zero attached hydrogens (tertiary/aromatic N) is 4. The van der Waals surface area contributed by atoms with Crippen LogP contribution in [0, 0.1) is 17.5 Å². The van der Waals surface area contributed by atoms with Crippen LogP contribution >= 0.6 is 0 Å². The summed E-state index contributed by atoms with van der Waals surface area (Å²) < 4.78 is 40.4. The fourth-order valence-electron chi connectivity index (χ4n) is 1.56. The van der Waals surface area contributed by atoms with Crippen molar-refractivity contribution < 1.29 is 13.2 Å². The van der Waals surface area contributed by atoms with E-state index in [1.807, 2.05) is 6.92 Å². The molecule has 0 atom stereocenters. The molecule has 8 heteroatoms. The third-order valence-corrected chi connectivity index (χ3v) is 2.46. The van der Waals surface area contributed by atoms with Gasteiger partial charge in [-0.2, -0.15) is 4.68 Å². The minimum atomic E-state index is -1.51. The van der Waals surface area contributed by atoms with Crippen LogP contribution in [0.4, 0.5) is 13.2 Å². The van der Waals surface area contributed by atoms with Crippen molar-refractivity contribution in [3.05, 3.63) is 35.4 Å². The van der Waals surface area contributed by atoms with Crippen LogP contribution in [0.25, 0.3) is 5.69 Å². The van der Waals surface area contributed by atoms with Gasteiger partial charge in [-0.3, -0.25) is 0 Å². The van der Waals surface area contributed by atoms with Crippen LogP contribution in [0.1, 0.15) is 19.2 Å². The number of hydrogen-bond donors (Lipinski definition) is 1. The third-order valence-electron chi connectivity index (χ3n) is 2.46. The van der Waals surface area contributed by atoms with E-state index >= 15 is 0 Å². The molecule has 1 aromatic carbocycles. The zero-order chi connectivity index (χ0) is 13.8. The van der Waals surface area contributed by atoms with Crippen molar-refractivity contribution in [1.82, 2.24) is 25.5 Å². The molecule has 0 saturated heterocycles. The molecule has 0 aliphatic carbocycles. The van der Waals surface area contributed by atoms with E-state index in [-0.39, 0.29) is 5.69 Å². The number of rotatable bonds is 5. The Morgan fingerprint density at radius 1 is 1.21 bits per heavy atom. The van der Waals surface area contributed by atoms with Crippen LogP contribution in [-0.2, 0) is 6.54 Å². The lowest BCUT2D eigenvalue weighted by Crippen LogP contribution is -2.18. The normalized spacial score (nSPS) is 10.9. The fourth-order valence-corrected chi connectivity index (χ4v) is 1.56. The number of halogens is 3. The third kappa shape index (κ3) is 2.90. The van der Waals surface area contributed by atoms with Gasteiger partial charge in [0.25, 0.3) is 0 Å². The summed E-state index contributed by atoms with van der Waals surface area (Å²) in [4.78, 5) is 0. The zero-order valence-electron chi connectivity index (χ0n) is 10.2. The van der Waals surface area contributed by atoms with Crippen LogP contribution in [0.5, 0.6) is 0 Å². The van der Waals surface area contributed by atoms with Gasteiger partial charge in [0.15, 0.2) is 23.3 Å². The first-order valence-corrected chi connectivity index (χ1v) is 5.76. The Labute approximate surface area is 107 Å². The summed E-state index contributed by atoms with van der Waals surface area (Å²) in [5.74, 6) is -3.68. The van der Waals surface area contributed by atoms with Gasteiger partial charge in [0.1, 0.15) is 0 Å². The van der Waals surface area contributed by atoms with Crippen molar-refractivity contribution in [2.75, 3.05) is 6.54 Å². The van der Waals surface area contributed by atoms with Crippen LogP contribution in [-0.4, -0.2) is 26.8 Å². The van der Waals surface area contributed by atoms with E-state index in [1.165, 1.54) is 0 Å². The van der Waals surface area contributed by atoms with Crippen LogP contribution in [0.3, 0.4) is 0 Å². The zero-order valence-corrected chi connectivity index (χ0v) is 10.2. The highest BCUT2D eigenvalue weighted by Gasteiger charge is 2.14. The molecule has 0 spiro atoms. The summed E-state index contributed by atoms with van der Waals surface area (Å²) >= 11 is 0. The van der Waals surface area contributed by atoms with E-state index in [1.54, 1.807) is 0 Å². The fraction of sp³-hybridized carbons (Fsp3) is 0.364. The van der Waals surface area contributed by atoms with Gasteiger partial charge in [-0.15, -0.1) is 5.10 Å². The monoisotopic (exact) mass is 271 g/mol. The van der Waals surface area contributed by atoms with Crippen molar-refractivity contribution in [1.29, 1.82) is 0 Å². The molecule has 19 heavy (non-hydrogen) atoms. The predicted octanol–water partition coefficient (Wildman–Crippen LogP) is 1.58. The van der Waals surface area contributed by atoms with Crippen molar-refractivity contribution in [2.24, 2.45) is 0 Å². The lowest BCUT2D eigenvalue weighted by atomic mass is 10.3. The molecule has 1 aromatic heterocycles. The van der Waals surface area contributed by atoms with Gasteiger partial charge in [-0.25, -0.2) is 13.2 Å². The maximum atomic E-state index is 13.2. The molecule has 0 amide bonds. The molecule has 0 saturated carbocycles. The van der Waals surface area contributed by atoms with Gasteiger partial charge in [0, 0.05) is 12.1 Å². The first-order chi connectivity index (χ1) is 9.13. The van der Waals surface area contributed by atoms with Crippen molar-refractivity contribution >= 4 is 0 Å². The summed E-state index contributed by atoms with van der Waals surface area (Å²) in [7, 11) is 0. The molecule has 2 aromatic rings. The highest BCUT2D eigenvalue weighted by atomic mass is 19.2. The Balaban J connectivity index is 2.29. The molecule has 0 bridgehead atoms. The molecular weight excluding hydrogens is 259 g/mol. The molecule has 0 fully saturated rings. The van der Waals surface area contributed by atoms with E-state index in [2.05, 4.69) is 20.8 Å². The molecule has 1 heterocycles. The summed E-state index contributed by atoms with van der Waals surface area (Å²) in [5, 5.41) is 13.9. The summed E-state index contributed by atoms with van der Waals surface area (Å²) in [5.41, 5.74) is 0.0368. The largest absolute Gasteiger partial charge is 0.310 e. The minimum absolute atomic E-state index is 0.0368. The maximum Gasteiger partial charge on any atom is 0.194 e. The summed E-state index contributed by atoms with van der Waals surface area (Å²) in [6.07, 6.45) is 0.932. The van der Waals surface area contributed by atoms with Gasteiger partial charge >= 0.3 is 0 Å². The average molecular weight is 271 g/mol. The van der Waals surface area contributed by atoms with Gasteiger partial charge in [-0.05, 0) is 23.4 Å². The Morgan fingerprint density at radius 2 is 1.89 bits per heavy atom. The summed E-state index contributed by atoms with van der Waals surface area (Å²) in [6.45, 7) is 3.11. The molecule has 5 nitrogen and oxygen atoms in total.